The lowest BCUT2D eigenvalue weighted by Crippen LogP contribution is -2.32. The fourth-order valence-electron chi connectivity index (χ4n) is 2.58. The summed E-state index contributed by atoms with van der Waals surface area (Å²) in [6.45, 7) is 1.87. The minimum atomic E-state index is -0.866. The summed E-state index contributed by atoms with van der Waals surface area (Å²) in [6.07, 6.45) is -0.866. The molecule has 3 aromatic rings. The van der Waals surface area contributed by atoms with Crippen molar-refractivity contribution in [2.45, 2.75) is 19.6 Å². The lowest BCUT2D eigenvalue weighted by molar-refractivity contribution is 0.0909. The van der Waals surface area contributed by atoms with Crippen LogP contribution in [0.5, 0.6) is 5.75 Å². The predicted molar refractivity (Wildman–Crippen MR) is 93.4 cm³/mol. The van der Waals surface area contributed by atoms with Crippen molar-refractivity contribution in [2.75, 3.05) is 6.61 Å². The number of aromatic nitrogens is 2. The van der Waals surface area contributed by atoms with Gasteiger partial charge in [0.25, 0.3) is 5.56 Å². The van der Waals surface area contributed by atoms with Crippen LogP contribution in [-0.2, 0) is 6.54 Å². The van der Waals surface area contributed by atoms with Crippen molar-refractivity contribution in [1.29, 1.82) is 5.26 Å². The smallest absolute Gasteiger partial charge is 0.261 e. The number of aryl methyl sites for hydroxylation is 1. The van der Waals surface area contributed by atoms with Crippen LogP contribution >= 0.6 is 0 Å². The molecule has 0 aliphatic heterocycles. The van der Waals surface area contributed by atoms with Crippen molar-refractivity contribution in [1.82, 2.24) is 9.55 Å². The molecule has 0 spiro atoms. The van der Waals surface area contributed by atoms with Crippen molar-refractivity contribution in [3.63, 3.8) is 0 Å². The number of hydrogen-bond acceptors (Lipinski definition) is 5. The second-order valence-electron chi connectivity index (χ2n) is 5.69. The van der Waals surface area contributed by atoms with E-state index < -0.39 is 6.10 Å². The third kappa shape index (κ3) is 3.67. The van der Waals surface area contributed by atoms with Crippen LogP contribution in [0.1, 0.15) is 11.4 Å². The fourth-order valence-corrected chi connectivity index (χ4v) is 2.58. The molecular weight excluding hydrogens is 318 g/mol. The monoisotopic (exact) mass is 335 g/mol. The van der Waals surface area contributed by atoms with E-state index >= 15 is 0 Å². The number of rotatable bonds is 5. The van der Waals surface area contributed by atoms with Gasteiger partial charge in [-0.3, -0.25) is 9.36 Å². The average Bonchev–Trinajstić information content (AvgIpc) is 2.64. The van der Waals surface area contributed by atoms with Gasteiger partial charge in [-0.25, -0.2) is 4.98 Å². The van der Waals surface area contributed by atoms with Crippen LogP contribution < -0.4 is 10.3 Å². The highest BCUT2D eigenvalue weighted by Gasteiger charge is 2.13. The number of nitriles is 1. The topological polar surface area (TPSA) is 88.1 Å². The molecule has 1 aromatic heterocycles. The van der Waals surface area contributed by atoms with Crippen molar-refractivity contribution >= 4 is 10.9 Å². The van der Waals surface area contributed by atoms with Crippen LogP contribution in [0.15, 0.2) is 53.3 Å². The second-order valence-corrected chi connectivity index (χ2v) is 5.69. The molecule has 2 aromatic carbocycles. The Morgan fingerprint density at radius 2 is 1.96 bits per heavy atom. The van der Waals surface area contributed by atoms with Crippen LogP contribution in [0, 0.1) is 18.3 Å². The maximum absolute atomic E-state index is 12.6. The van der Waals surface area contributed by atoms with Crippen LogP contribution in [0.25, 0.3) is 10.9 Å². The van der Waals surface area contributed by atoms with Crippen LogP contribution in [0.2, 0.25) is 0 Å². The Morgan fingerprint density at radius 3 is 2.68 bits per heavy atom. The third-order valence-electron chi connectivity index (χ3n) is 3.87. The van der Waals surface area contributed by atoms with E-state index in [1.54, 1.807) is 49.4 Å². The Balaban J connectivity index is 1.72. The van der Waals surface area contributed by atoms with Crippen LogP contribution in [-0.4, -0.2) is 27.4 Å². The Kier molecular flexibility index (Phi) is 4.78. The third-order valence-corrected chi connectivity index (χ3v) is 3.87. The van der Waals surface area contributed by atoms with E-state index in [9.17, 15) is 9.90 Å². The molecule has 0 bridgehead atoms. The molecule has 1 atom stereocenters. The highest BCUT2D eigenvalue weighted by atomic mass is 16.5. The van der Waals surface area contributed by atoms with Crippen molar-refractivity contribution in [2.24, 2.45) is 0 Å². The molecule has 1 N–H and O–H groups in total. The molecule has 0 saturated carbocycles. The predicted octanol–water partition coefficient (Wildman–Crippen LogP) is 2.02. The highest BCUT2D eigenvalue weighted by Crippen LogP contribution is 2.12. The number of para-hydroxylation sites is 1. The van der Waals surface area contributed by atoms with E-state index in [1.165, 1.54) is 4.57 Å². The SMILES string of the molecule is Cc1nc2ccccc2c(=O)n1C[C@H](O)COc1ccc(C#N)cc1. The lowest BCUT2D eigenvalue weighted by Gasteiger charge is -2.16. The Labute approximate surface area is 144 Å². The van der Waals surface area contributed by atoms with Gasteiger partial charge >= 0.3 is 0 Å². The fraction of sp³-hybridized carbons (Fsp3) is 0.211. The summed E-state index contributed by atoms with van der Waals surface area (Å²) in [5, 5.41) is 19.5. The second kappa shape index (κ2) is 7.16. The molecule has 0 aliphatic rings. The standard InChI is InChI=1S/C19H17N3O3/c1-13-21-18-5-3-2-4-17(18)19(24)22(13)11-15(23)12-25-16-8-6-14(10-20)7-9-16/h2-9,15,23H,11-12H2,1H3/t15-/m0/s1. The Morgan fingerprint density at radius 1 is 1.24 bits per heavy atom. The minimum Gasteiger partial charge on any atom is -0.491 e. The first-order chi connectivity index (χ1) is 12.1. The molecular formula is C19H17N3O3. The van der Waals surface area contributed by atoms with Crippen molar-refractivity contribution < 1.29 is 9.84 Å². The number of hydrogen-bond donors (Lipinski definition) is 1. The largest absolute Gasteiger partial charge is 0.491 e. The first-order valence-corrected chi connectivity index (χ1v) is 7.85. The molecule has 126 valence electrons. The molecule has 0 aliphatic carbocycles. The van der Waals surface area contributed by atoms with E-state index in [-0.39, 0.29) is 18.7 Å². The van der Waals surface area contributed by atoms with Gasteiger partial charge in [0.2, 0.25) is 0 Å². The summed E-state index contributed by atoms with van der Waals surface area (Å²) < 4.78 is 6.97. The number of fused-ring (bicyclic) bond motifs is 1. The summed E-state index contributed by atoms with van der Waals surface area (Å²) in [5.74, 6) is 1.10. The quantitative estimate of drug-likeness (QED) is 0.770. The Bertz CT molecular complexity index is 987. The van der Waals surface area contributed by atoms with Gasteiger partial charge in [0.05, 0.1) is 29.1 Å². The summed E-state index contributed by atoms with van der Waals surface area (Å²) in [5.41, 5.74) is 1.00. The van der Waals surface area contributed by atoms with Crippen LogP contribution in [0.3, 0.4) is 0 Å². The average molecular weight is 335 g/mol. The molecule has 0 unspecified atom stereocenters. The first-order valence-electron chi connectivity index (χ1n) is 7.85. The molecule has 1 heterocycles. The molecule has 0 fully saturated rings. The van der Waals surface area contributed by atoms with Gasteiger partial charge in [-0.05, 0) is 43.3 Å². The van der Waals surface area contributed by atoms with Gasteiger partial charge < -0.3 is 9.84 Å². The van der Waals surface area contributed by atoms with Gasteiger partial charge in [0.1, 0.15) is 24.3 Å². The zero-order valence-corrected chi connectivity index (χ0v) is 13.7. The molecule has 3 rings (SSSR count). The van der Waals surface area contributed by atoms with Gasteiger partial charge in [0.15, 0.2) is 0 Å². The number of ether oxygens (including phenoxy) is 1. The van der Waals surface area contributed by atoms with Gasteiger partial charge in [-0.1, -0.05) is 12.1 Å². The summed E-state index contributed by atoms with van der Waals surface area (Å²) in [4.78, 5) is 17.0. The number of aliphatic hydroxyl groups is 1. The molecule has 0 radical (unpaired) electrons. The van der Waals surface area contributed by atoms with Gasteiger partial charge in [0, 0.05) is 0 Å². The van der Waals surface area contributed by atoms with Crippen molar-refractivity contribution in [3.8, 4) is 11.8 Å². The number of nitrogens with zero attached hydrogens (tertiary/aromatic N) is 3. The summed E-state index contributed by atoms with van der Waals surface area (Å²) >= 11 is 0. The maximum Gasteiger partial charge on any atom is 0.261 e. The van der Waals surface area contributed by atoms with Crippen LogP contribution in [0.4, 0.5) is 0 Å². The lowest BCUT2D eigenvalue weighted by atomic mass is 10.2. The van der Waals surface area contributed by atoms with E-state index in [0.717, 1.165) is 0 Å². The van der Waals surface area contributed by atoms with E-state index in [0.29, 0.717) is 28.0 Å². The van der Waals surface area contributed by atoms with E-state index in [4.69, 9.17) is 10.00 Å². The molecule has 0 saturated heterocycles. The summed E-state index contributed by atoms with van der Waals surface area (Å²) in [7, 11) is 0. The maximum atomic E-state index is 12.6. The highest BCUT2D eigenvalue weighted by molar-refractivity contribution is 5.77. The number of aliphatic hydroxyl groups excluding tert-OH is 1. The van der Waals surface area contributed by atoms with Gasteiger partial charge in [-0.2, -0.15) is 5.26 Å². The zero-order chi connectivity index (χ0) is 17.8. The summed E-state index contributed by atoms with van der Waals surface area (Å²) in [6, 6.07) is 15.8. The minimum absolute atomic E-state index is 0.0323. The van der Waals surface area contributed by atoms with Gasteiger partial charge in [-0.15, -0.1) is 0 Å². The van der Waals surface area contributed by atoms with E-state index in [1.807, 2.05) is 12.1 Å². The molecule has 0 amide bonds. The zero-order valence-electron chi connectivity index (χ0n) is 13.7. The normalized spacial score (nSPS) is 11.9. The first kappa shape index (κ1) is 16.7. The number of benzene rings is 2. The molecule has 6 nitrogen and oxygen atoms in total. The van der Waals surface area contributed by atoms with Crippen molar-refractivity contribution in [3.05, 3.63) is 70.3 Å². The molecule has 6 heteroatoms. The van der Waals surface area contributed by atoms with E-state index in [2.05, 4.69) is 4.98 Å². The Hall–Kier alpha value is -3.17. The molecule has 25 heavy (non-hydrogen) atoms.